The molecular formula is C15H14F3N. The molecule has 2 N–H and O–H groups in total. The molecule has 0 heterocycles. The van der Waals surface area contributed by atoms with Crippen molar-refractivity contribution >= 4 is 0 Å². The van der Waals surface area contributed by atoms with E-state index >= 15 is 0 Å². The molecule has 0 unspecified atom stereocenters. The molecule has 2 aromatic carbocycles. The summed E-state index contributed by atoms with van der Waals surface area (Å²) < 4.78 is 38.6. The van der Waals surface area contributed by atoms with Gasteiger partial charge in [-0.05, 0) is 35.7 Å². The van der Waals surface area contributed by atoms with Crippen molar-refractivity contribution in [3.05, 3.63) is 59.7 Å². The van der Waals surface area contributed by atoms with Crippen LogP contribution in [0.15, 0.2) is 48.5 Å². The SMILES string of the molecule is NCCc1cc(-c2ccccc2)ccc1C(F)(F)F. The molecule has 0 aliphatic carbocycles. The summed E-state index contributed by atoms with van der Waals surface area (Å²) in [5, 5.41) is 0. The third-order valence-electron chi connectivity index (χ3n) is 2.93. The minimum atomic E-state index is -4.33. The predicted molar refractivity (Wildman–Crippen MR) is 69.6 cm³/mol. The standard InChI is InChI=1S/C15H14F3N/c16-15(17,18)14-7-6-12(10-13(14)8-9-19)11-4-2-1-3-5-11/h1-7,10H,8-9,19H2. The maximum absolute atomic E-state index is 12.9. The molecule has 0 saturated heterocycles. The summed E-state index contributed by atoms with van der Waals surface area (Å²) in [6.45, 7) is 0.196. The Bertz CT molecular complexity index is 547. The highest BCUT2D eigenvalue weighted by Gasteiger charge is 2.32. The Morgan fingerprint density at radius 3 is 2.16 bits per heavy atom. The quantitative estimate of drug-likeness (QED) is 0.895. The molecular weight excluding hydrogens is 251 g/mol. The molecule has 0 aliphatic heterocycles. The molecule has 0 amide bonds. The third kappa shape index (κ3) is 3.15. The second-order valence-corrected chi connectivity index (χ2v) is 4.27. The summed E-state index contributed by atoms with van der Waals surface area (Å²) in [7, 11) is 0. The zero-order chi connectivity index (χ0) is 13.9. The summed E-state index contributed by atoms with van der Waals surface area (Å²) >= 11 is 0. The van der Waals surface area contributed by atoms with Crippen molar-refractivity contribution in [2.45, 2.75) is 12.6 Å². The topological polar surface area (TPSA) is 26.0 Å². The zero-order valence-corrected chi connectivity index (χ0v) is 10.2. The van der Waals surface area contributed by atoms with E-state index in [9.17, 15) is 13.2 Å². The van der Waals surface area contributed by atoms with E-state index in [-0.39, 0.29) is 18.5 Å². The number of hydrogen-bond donors (Lipinski definition) is 1. The summed E-state index contributed by atoms with van der Waals surface area (Å²) in [6, 6.07) is 13.5. The zero-order valence-electron chi connectivity index (χ0n) is 10.2. The van der Waals surface area contributed by atoms with Crippen molar-refractivity contribution < 1.29 is 13.2 Å². The molecule has 2 aromatic rings. The van der Waals surface area contributed by atoms with Gasteiger partial charge in [0, 0.05) is 0 Å². The first-order valence-electron chi connectivity index (χ1n) is 5.98. The maximum Gasteiger partial charge on any atom is 0.416 e. The summed E-state index contributed by atoms with van der Waals surface area (Å²) in [5.41, 5.74) is 6.71. The van der Waals surface area contributed by atoms with Gasteiger partial charge < -0.3 is 5.73 Å². The van der Waals surface area contributed by atoms with Crippen molar-refractivity contribution in [2.24, 2.45) is 5.73 Å². The Balaban J connectivity index is 2.48. The lowest BCUT2D eigenvalue weighted by atomic mass is 9.97. The molecule has 0 saturated carbocycles. The number of alkyl halides is 3. The molecule has 100 valence electrons. The van der Waals surface area contributed by atoms with Crippen LogP contribution in [0, 0.1) is 0 Å². The lowest BCUT2D eigenvalue weighted by Crippen LogP contribution is -2.12. The molecule has 19 heavy (non-hydrogen) atoms. The molecule has 0 atom stereocenters. The van der Waals surface area contributed by atoms with E-state index in [2.05, 4.69) is 0 Å². The third-order valence-corrected chi connectivity index (χ3v) is 2.93. The van der Waals surface area contributed by atoms with Gasteiger partial charge >= 0.3 is 6.18 Å². The van der Waals surface area contributed by atoms with E-state index < -0.39 is 11.7 Å². The summed E-state index contributed by atoms with van der Waals surface area (Å²) in [4.78, 5) is 0. The smallest absolute Gasteiger partial charge is 0.330 e. The fourth-order valence-corrected chi connectivity index (χ4v) is 2.04. The van der Waals surface area contributed by atoms with Crippen LogP contribution in [0.4, 0.5) is 13.2 Å². The molecule has 0 fully saturated rings. The highest BCUT2D eigenvalue weighted by atomic mass is 19.4. The van der Waals surface area contributed by atoms with E-state index in [1.807, 2.05) is 30.3 Å². The van der Waals surface area contributed by atoms with Crippen molar-refractivity contribution in [3.8, 4) is 11.1 Å². The fraction of sp³-hybridized carbons (Fsp3) is 0.200. The van der Waals surface area contributed by atoms with Crippen LogP contribution in [0.25, 0.3) is 11.1 Å². The second-order valence-electron chi connectivity index (χ2n) is 4.27. The Labute approximate surface area is 109 Å². The van der Waals surface area contributed by atoms with Crippen LogP contribution in [0.2, 0.25) is 0 Å². The first kappa shape index (κ1) is 13.6. The van der Waals surface area contributed by atoms with Crippen molar-refractivity contribution in [3.63, 3.8) is 0 Å². The molecule has 4 heteroatoms. The molecule has 0 radical (unpaired) electrons. The summed E-state index contributed by atoms with van der Waals surface area (Å²) in [6.07, 6.45) is -4.12. The first-order valence-corrected chi connectivity index (χ1v) is 5.98. The Kier molecular flexibility index (Phi) is 3.90. The maximum atomic E-state index is 12.9. The van der Waals surface area contributed by atoms with Crippen LogP contribution < -0.4 is 5.73 Å². The average molecular weight is 265 g/mol. The van der Waals surface area contributed by atoms with Crippen LogP contribution in [0.5, 0.6) is 0 Å². The molecule has 1 nitrogen and oxygen atoms in total. The number of benzene rings is 2. The number of rotatable bonds is 3. The Hall–Kier alpha value is -1.81. The molecule has 0 spiro atoms. The van der Waals surface area contributed by atoms with Gasteiger partial charge in [0.15, 0.2) is 0 Å². The van der Waals surface area contributed by atoms with Gasteiger partial charge in [0.1, 0.15) is 0 Å². The van der Waals surface area contributed by atoms with Crippen LogP contribution in [0.3, 0.4) is 0 Å². The van der Waals surface area contributed by atoms with Gasteiger partial charge in [-0.1, -0.05) is 42.5 Å². The lowest BCUT2D eigenvalue weighted by Gasteiger charge is -2.14. The van der Waals surface area contributed by atoms with Crippen molar-refractivity contribution in [1.82, 2.24) is 0 Å². The highest BCUT2D eigenvalue weighted by molar-refractivity contribution is 5.65. The minimum absolute atomic E-state index is 0.196. The predicted octanol–water partition coefficient (Wildman–Crippen LogP) is 3.87. The molecule has 0 aliphatic rings. The monoisotopic (exact) mass is 265 g/mol. The van der Waals surface area contributed by atoms with Gasteiger partial charge in [-0.2, -0.15) is 13.2 Å². The number of halogens is 3. The second kappa shape index (κ2) is 5.45. The minimum Gasteiger partial charge on any atom is -0.330 e. The molecule has 0 aromatic heterocycles. The Morgan fingerprint density at radius 2 is 1.58 bits per heavy atom. The number of nitrogens with two attached hydrogens (primary N) is 1. The first-order chi connectivity index (χ1) is 9.02. The highest BCUT2D eigenvalue weighted by Crippen LogP contribution is 2.34. The van der Waals surface area contributed by atoms with Crippen LogP contribution in [0.1, 0.15) is 11.1 Å². The van der Waals surface area contributed by atoms with Gasteiger partial charge in [-0.25, -0.2) is 0 Å². The van der Waals surface area contributed by atoms with E-state index in [1.165, 1.54) is 6.07 Å². The fourth-order valence-electron chi connectivity index (χ4n) is 2.04. The van der Waals surface area contributed by atoms with Gasteiger partial charge in [-0.3, -0.25) is 0 Å². The lowest BCUT2D eigenvalue weighted by molar-refractivity contribution is -0.138. The van der Waals surface area contributed by atoms with Crippen LogP contribution >= 0.6 is 0 Å². The van der Waals surface area contributed by atoms with E-state index in [4.69, 9.17) is 5.73 Å². The largest absolute Gasteiger partial charge is 0.416 e. The van der Waals surface area contributed by atoms with Gasteiger partial charge in [-0.15, -0.1) is 0 Å². The van der Waals surface area contributed by atoms with Crippen molar-refractivity contribution in [1.29, 1.82) is 0 Å². The molecule has 2 rings (SSSR count). The normalized spacial score (nSPS) is 11.6. The summed E-state index contributed by atoms with van der Waals surface area (Å²) in [5.74, 6) is 0. The van der Waals surface area contributed by atoms with E-state index in [1.54, 1.807) is 6.07 Å². The average Bonchev–Trinajstić information content (AvgIpc) is 2.39. The van der Waals surface area contributed by atoms with Gasteiger partial charge in [0.05, 0.1) is 5.56 Å². The van der Waals surface area contributed by atoms with Crippen LogP contribution in [-0.2, 0) is 12.6 Å². The van der Waals surface area contributed by atoms with Crippen molar-refractivity contribution in [2.75, 3.05) is 6.54 Å². The Morgan fingerprint density at radius 1 is 0.895 bits per heavy atom. The van der Waals surface area contributed by atoms with Crippen LogP contribution in [-0.4, -0.2) is 6.54 Å². The molecule has 0 bridgehead atoms. The van der Waals surface area contributed by atoms with E-state index in [0.29, 0.717) is 0 Å². The van der Waals surface area contributed by atoms with E-state index in [0.717, 1.165) is 17.2 Å². The van der Waals surface area contributed by atoms with Gasteiger partial charge in [0.2, 0.25) is 0 Å². The van der Waals surface area contributed by atoms with Gasteiger partial charge in [0.25, 0.3) is 0 Å². The number of hydrogen-bond acceptors (Lipinski definition) is 1.